The maximum atomic E-state index is 12.8. The molecule has 1 aliphatic rings. The molecule has 0 atom stereocenters. The first kappa shape index (κ1) is 20.2. The average molecular weight is 423 g/mol. The van der Waals surface area contributed by atoms with Crippen LogP contribution in [0.4, 0.5) is 5.13 Å². The molecule has 4 rings (SSSR count). The second-order valence-corrected chi connectivity index (χ2v) is 8.22. The van der Waals surface area contributed by atoms with Crippen molar-refractivity contribution in [1.82, 2.24) is 9.88 Å². The number of rotatable bonds is 6. The predicted octanol–water partition coefficient (Wildman–Crippen LogP) is 3.80. The van der Waals surface area contributed by atoms with Crippen molar-refractivity contribution < 1.29 is 19.1 Å². The van der Waals surface area contributed by atoms with Crippen molar-refractivity contribution in [3.8, 4) is 0 Å². The van der Waals surface area contributed by atoms with Gasteiger partial charge in [-0.2, -0.15) is 0 Å². The van der Waals surface area contributed by atoms with Crippen LogP contribution in [0.5, 0.6) is 0 Å². The number of hydrogen-bond donors (Lipinski definition) is 1. The van der Waals surface area contributed by atoms with Gasteiger partial charge in [-0.25, -0.2) is 4.98 Å². The third-order valence-electron chi connectivity index (χ3n) is 5.13. The zero-order valence-corrected chi connectivity index (χ0v) is 17.8. The van der Waals surface area contributed by atoms with Crippen LogP contribution in [0.3, 0.4) is 0 Å². The normalized spacial score (nSPS) is 13.2. The van der Waals surface area contributed by atoms with Crippen LogP contribution in [0, 0.1) is 13.8 Å². The largest absolute Gasteiger partial charge is 0.385 e. The Kier molecular flexibility index (Phi) is 5.36. The number of anilines is 1. The van der Waals surface area contributed by atoms with Gasteiger partial charge in [0, 0.05) is 25.8 Å². The minimum absolute atomic E-state index is 0.251. The number of ether oxygens (including phenoxy) is 1. The summed E-state index contributed by atoms with van der Waals surface area (Å²) in [5.74, 6) is -1.09. The summed E-state index contributed by atoms with van der Waals surface area (Å²) in [4.78, 5) is 43.6. The Morgan fingerprint density at radius 1 is 1.10 bits per heavy atom. The van der Waals surface area contributed by atoms with Crippen LogP contribution < -0.4 is 5.32 Å². The van der Waals surface area contributed by atoms with Crippen LogP contribution in [-0.4, -0.2) is 47.9 Å². The van der Waals surface area contributed by atoms with E-state index in [4.69, 9.17) is 4.74 Å². The number of aromatic nitrogens is 1. The van der Waals surface area contributed by atoms with Gasteiger partial charge in [0.25, 0.3) is 17.7 Å². The monoisotopic (exact) mass is 423 g/mol. The van der Waals surface area contributed by atoms with Crippen LogP contribution in [-0.2, 0) is 4.74 Å². The molecule has 0 fully saturated rings. The highest BCUT2D eigenvalue weighted by molar-refractivity contribution is 7.22. The molecule has 3 amide bonds. The maximum absolute atomic E-state index is 12.8. The first-order valence-corrected chi connectivity index (χ1v) is 10.4. The van der Waals surface area contributed by atoms with Gasteiger partial charge in [-0.05, 0) is 49.6 Å². The zero-order valence-electron chi connectivity index (χ0n) is 16.9. The van der Waals surface area contributed by atoms with Gasteiger partial charge < -0.3 is 4.74 Å². The number of methoxy groups -OCH3 is 1. The molecule has 30 heavy (non-hydrogen) atoms. The van der Waals surface area contributed by atoms with E-state index in [2.05, 4.69) is 10.3 Å². The molecule has 0 spiro atoms. The summed E-state index contributed by atoms with van der Waals surface area (Å²) in [5, 5.41) is 3.31. The number of carbonyl (C=O) groups excluding carboxylic acids is 3. The van der Waals surface area contributed by atoms with Crippen molar-refractivity contribution in [2.75, 3.05) is 25.6 Å². The number of carbonyl (C=O) groups is 3. The number of aryl methyl sites for hydroxylation is 2. The SMILES string of the molecule is COCCCN1C(=O)c2ccc(C(=O)Nc3nc4c(C)ccc(C)c4s3)cc2C1=O. The maximum Gasteiger partial charge on any atom is 0.261 e. The highest BCUT2D eigenvalue weighted by atomic mass is 32.1. The van der Waals surface area contributed by atoms with E-state index in [0.29, 0.717) is 29.3 Å². The fourth-order valence-corrected chi connectivity index (χ4v) is 4.49. The Bertz CT molecular complexity index is 1150. The smallest absolute Gasteiger partial charge is 0.261 e. The molecule has 2 aromatic carbocycles. The van der Waals surface area contributed by atoms with Gasteiger partial charge in [0.15, 0.2) is 5.13 Å². The van der Waals surface area contributed by atoms with Crippen LogP contribution >= 0.6 is 11.3 Å². The lowest BCUT2D eigenvalue weighted by Gasteiger charge is -2.12. The van der Waals surface area contributed by atoms with Gasteiger partial charge >= 0.3 is 0 Å². The van der Waals surface area contributed by atoms with Gasteiger partial charge in [-0.15, -0.1) is 0 Å². The molecule has 0 saturated carbocycles. The standard InChI is InChI=1S/C22H21N3O4S/c1-12-5-6-13(2)18-17(12)23-22(30-18)24-19(26)14-7-8-15-16(11-14)21(28)25(20(15)27)9-4-10-29-3/h5-8,11H,4,9-10H2,1-3H3,(H,23,24,26). The molecule has 0 radical (unpaired) electrons. The van der Waals surface area contributed by atoms with Crippen LogP contribution in [0.2, 0.25) is 0 Å². The minimum atomic E-state index is -0.382. The minimum Gasteiger partial charge on any atom is -0.385 e. The predicted molar refractivity (Wildman–Crippen MR) is 115 cm³/mol. The number of nitrogens with zero attached hydrogens (tertiary/aromatic N) is 2. The molecule has 8 heteroatoms. The van der Waals surface area contributed by atoms with E-state index in [1.165, 1.54) is 28.4 Å². The van der Waals surface area contributed by atoms with Gasteiger partial charge in [-0.3, -0.25) is 24.6 Å². The molecule has 154 valence electrons. The first-order valence-electron chi connectivity index (χ1n) is 9.58. The van der Waals surface area contributed by atoms with Crippen molar-refractivity contribution >= 4 is 44.4 Å². The van der Waals surface area contributed by atoms with Crippen molar-refractivity contribution in [2.24, 2.45) is 0 Å². The number of fused-ring (bicyclic) bond motifs is 2. The Labute approximate surface area is 177 Å². The summed E-state index contributed by atoms with van der Waals surface area (Å²) in [7, 11) is 1.57. The van der Waals surface area contributed by atoms with E-state index in [0.717, 1.165) is 21.3 Å². The first-order chi connectivity index (χ1) is 14.4. The second kappa shape index (κ2) is 7.97. The Hall–Kier alpha value is -3.10. The number of amides is 3. The second-order valence-electron chi connectivity index (χ2n) is 7.22. The molecule has 0 aliphatic carbocycles. The van der Waals surface area contributed by atoms with E-state index < -0.39 is 0 Å². The van der Waals surface area contributed by atoms with Crippen molar-refractivity contribution in [1.29, 1.82) is 0 Å². The molecule has 1 N–H and O–H groups in total. The molecule has 1 aliphatic heterocycles. The Balaban J connectivity index is 1.56. The molecule has 1 aromatic heterocycles. The van der Waals surface area contributed by atoms with Gasteiger partial charge in [0.05, 0.1) is 21.3 Å². The number of hydrogen-bond acceptors (Lipinski definition) is 6. The summed E-state index contributed by atoms with van der Waals surface area (Å²) < 4.78 is 6.02. The number of benzene rings is 2. The summed E-state index contributed by atoms with van der Waals surface area (Å²) in [6.07, 6.45) is 0.561. The van der Waals surface area contributed by atoms with Gasteiger partial charge in [0.2, 0.25) is 0 Å². The van der Waals surface area contributed by atoms with Crippen molar-refractivity contribution in [2.45, 2.75) is 20.3 Å². The highest BCUT2D eigenvalue weighted by Crippen LogP contribution is 2.31. The lowest BCUT2D eigenvalue weighted by molar-refractivity contribution is 0.0638. The lowest BCUT2D eigenvalue weighted by Crippen LogP contribution is -2.31. The van der Waals surface area contributed by atoms with Crippen LogP contribution in [0.15, 0.2) is 30.3 Å². The highest BCUT2D eigenvalue weighted by Gasteiger charge is 2.35. The molecule has 7 nitrogen and oxygen atoms in total. The molecule has 3 aromatic rings. The van der Waals surface area contributed by atoms with E-state index >= 15 is 0 Å². The quantitative estimate of drug-likeness (QED) is 0.481. The fourth-order valence-electron chi connectivity index (χ4n) is 3.48. The van der Waals surface area contributed by atoms with Crippen molar-refractivity contribution in [3.05, 3.63) is 58.1 Å². The van der Waals surface area contributed by atoms with E-state index in [1.807, 2.05) is 26.0 Å². The average Bonchev–Trinajstić information content (AvgIpc) is 3.26. The molecular weight excluding hydrogens is 402 g/mol. The van der Waals surface area contributed by atoms with E-state index in [-0.39, 0.29) is 29.8 Å². The van der Waals surface area contributed by atoms with Crippen LogP contribution in [0.25, 0.3) is 10.2 Å². The molecule has 0 saturated heterocycles. The number of imide groups is 1. The molecule has 2 heterocycles. The van der Waals surface area contributed by atoms with Crippen molar-refractivity contribution in [3.63, 3.8) is 0 Å². The molecular formula is C22H21N3O4S. The lowest BCUT2D eigenvalue weighted by atomic mass is 10.1. The Morgan fingerprint density at radius 3 is 2.57 bits per heavy atom. The summed E-state index contributed by atoms with van der Waals surface area (Å²) in [6, 6.07) is 8.60. The summed E-state index contributed by atoms with van der Waals surface area (Å²) in [6.45, 7) is 4.73. The van der Waals surface area contributed by atoms with Gasteiger partial charge in [-0.1, -0.05) is 23.5 Å². The third-order valence-corrected chi connectivity index (χ3v) is 6.23. The summed E-state index contributed by atoms with van der Waals surface area (Å²) in [5.41, 5.74) is 3.89. The third kappa shape index (κ3) is 3.48. The topological polar surface area (TPSA) is 88.6 Å². The number of thiazole rings is 1. The van der Waals surface area contributed by atoms with E-state index in [1.54, 1.807) is 13.2 Å². The van der Waals surface area contributed by atoms with Crippen LogP contribution in [0.1, 0.15) is 48.6 Å². The number of nitrogens with one attached hydrogen (secondary N) is 1. The van der Waals surface area contributed by atoms with E-state index in [9.17, 15) is 14.4 Å². The molecule has 0 unspecified atom stereocenters. The Morgan fingerprint density at radius 2 is 1.83 bits per heavy atom. The fraction of sp³-hybridized carbons (Fsp3) is 0.273. The van der Waals surface area contributed by atoms with Gasteiger partial charge in [0.1, 0.15) is 0 Å². The zero-order chi connectivity index (χ0) is 21.4. The molecule has 0 bridgehead atoms. The summed E-state index contributed by atoms with van der Waals surface area (Å²) >= 11 is 1.41.